The molecule has 0 bridgehead atoms. The summed E-state index contributed by atoms with van der Waals surface area (Å²) in [6.07, 6.45) is 0.503. The molecule has 2 saturated heterocycles. The smallest absolute Gasteiger partial charge is 0.454 e. The first kappa shape index (κ1) is 31.2. The Morgan fingerprint density at radius 2 is 0.778 bits per heavy atom. The van der Waals surface area contributed by atoms with E-state index in [4.69, 9.17) is 27.8 Å². The SMILES string of the molecule is CC(C)(c1ccc(OCC2CO2)cc1)c1ccc(O[Si](C)(C)Oc2ccc(C(C)(C)c3ccc(OCC4CO4)cc3)cc2)cc1. The van der Waals surface area contributed by atoms with Crippen molar-refractivity contribution < 1.29 is 27.8 Å². The van der Waals surface area contributed by atoms with Gasteiger partial charge < -0.3 is 27.8 Å². The maximum atomic E-state index is 6.43. The van der Waals surface area contributed by atoms with Crippen molar-refractivity contribution in [3.8, 4) is 23.0 Å². The molecule has 2 heterocycles. The van der Waals surface area contributed by atoms with Crippen molar-refractivity contribution in [3.05, 3.63) is 119 Å². The number of rotatable bonds is 14. The fourth-order valence-electron chi connectivity index (χ4n) is 5.44. The molecule has 0 saturated carbocycles. The Morgan fingerprint density at radius 3 is 1.04 bits per heavy atom. The molecule has 7 heteroatoms. The predicted octanol–water partition coefficient (Wildman–Crippen LogP) is 8.05. The van der Waals surface area contributed by atoms with Crippen molar-refractivity contribution in [1.29, 1.82) is 0 Å². The van der Waals surface area contributed by atoms with Crippen LogP contribution in [0.4, 0.5) is 0 Å². The Labute approximate surface area is 268 Å². The van der Waals surface area contributed by atoms with E-state index in [0.29, 0.717) is 13.2 Å². The average molecular weight is 625 g/mol. The van der Waals surface area contributed by atoms with Crippen LogP contribution in [0, 0.1) is 0 Å². The maximum absolute atomic E-state index is 6.43. The lowest BCUT2D eigenvalue weighted by molar-refractivity contribution is 0.263. The van der Waals surface area contributed by atoms with Crippen LogP contribution in [-0.2, 0) is 20.3 Å². The summed E-state index contributed by atoms with van der Waals surface area (Å²) in [5, 5.41) is 0. The van der Waals surface area contributed by atoms with E-state index in [1.165, 1.54) is 22.3 Å². The van der Waals surface area contributed by atoms with Crippen molar-refractivity contribution in [1.82, 2.24) is 0 Å². The zero-order valence-corrected chi connectivity index (χ0v) is 28.2. The standard InChI is InChI=1S/C38H44O6Si/c1-37(2,27-7-15-31(16-8-27)39-23-35-25-41-35)29-11-19-33(20-12-29)43-45(5,6)44-34-21-13-30(14-22-34)38(3,4)28-9-17-32(18-10-28)40-24-36-26-42-36/h7-22,35-36H,23-26H2,1-6H3. The summed E-state index contributed by atoms with van der Waals surface area (Å²) in [5.74, 6) is 3.37. The first-order valence-electron chi connectivity index (χ1n) is 15.8. The molecular weight excluding hydrogens is 580 g/mol. The van der Waals surface area contributed by atoms with Gasteiger partial charge in [-0.3, -0.25) is 0 Å². The van der Waals surface area contributed by atoms with Gasteiger partial charge in [-0.1, -0.05) is 76.2 Å². The minimum absolute atomic E-state index is 0.170. The van der Waals surface area contributed by atoms with Gasteiger partial charge in [0.05, 0.1) is 13.2 Å². The lowest BCUT2D eigenvalue weighted by atomic mass is 9.78. The zero-order chi connectivity index (χ0) is 31.7. The highest BCUT2D eigenvalue weighted by Gasteiger charge is 2.31. The van der Waals surface area contributed by atoms with Crippen molar-refractivity contribution in [2.24, 2.45) is 0 Å². The molecule has 0 spiro atoms. The molecule has 6 rings (SSSR count). The summed E-state index contributed by atoms with van der Waals surface area (Å²) in [7, 11) is -2.52. The minimum Gasteiger partial charge on any atom is -0.512 e. The van der Waals surface area contributed by atoms with E-state index < -0.39 is 8.56 Å². The van der Waals surface area contributed by atoms with Gasteiger partial charge in [-0.05, 0) is 70.8 Å². The summed E-state index contributed by atoms with van der Waals surface area (Å²) in [6.45, 7) is 15.9. The predicted molar refractivity (Wildman–Crippen MR) is 179 cm³/mol. The zero-order valence-electron chi connectivity index (χ0n) is 27.2. The monoisotopic (exact) mass is 624 g/mol. The van der Waals surface area contributed by atoms with Gasteiger partial charge >= 0.3 is 8.56 Å². The highest BCUT2D eigenvalue weighted by molar-refractivity contribution is 6.66. The van der Waals surface area contributed by atoms with E-state index in [2.05, 4.69) is 89.3 Å². The third-order valence-electron chi connectivity index (χ3n) is 8.71. The van der Waals surface area contributed by atoms with E-state index in [0.717, 1.165) is 36.2 Å². The number of hydrogen-bond acceptors (Lipinski definition) is 6. The van der Waals surface area contributed by atoms with Crippen LogP contribution in [0.3, 0.4) is 0 Å². The fourth-order valence-corrected chi connectivity index (χ4v) is 6.89. The van der Waals surface area contributed by atoms with E-state index in [9.17, 15) is 0 Å². The van der Waals surface area contributed by atoms with Gasteiger partial charge in [0.2, 0.25) is 0 Å². The quantitative estimate of drug-likeness (QED) is 0.105. The topological polar surface area (TPSA) is 62.0 Å². The lowest BCUT2D eigenvalue weighted by Crippen LogP contribution is -2.41. The molecule has 2 aliphatic heterocycles. The highest BCUT2D eigenvalue weighted by atomic mass is 28.4. The largest absolute Gasteiger partial charge is 0.512 e. The van der Waals surface area contributed by atoms with E-state index >= 15 is 0 Å². The van der Waals surface area contributed by atoms with Crippen LogP contribution in [0.15, 0.2) is 97.1 Å². The first-order valence-corrected chi connectivity index (χ1v) is 18.6. The molecule has 2 atom stereocenters. The molecule has 0 radical (unpaired) electrons. The molecule has 236 valence electrons. The molecule has 2 unspecified atom stereocenters. The fraction of sp³-hybridized carbons (Fsp3) is 0.368. The van der Waals surface area contributed by atoms with Crippen LogP contribution < -0.4 is 18.3 Å². The van der Waals surface area contributed by atoms with Crippen LogP contribution in [-0.4, -0.2) is 47.2 Å². The molecule has 0 N–H and O–H groups in total. The van der Waals surface area contributed by atoms with E-state index in [1.54, 1.807) is 0 Å². The third-order valence-corrected chi connectivity index (χ3v) is 10.2. The van der Waals surface area contributed by atoms with Crippen LogP contribution in [0.25, 0.3) is 0 Å². The number of epoxide rings is 2. The van der Waals surface area contributed by atoms with Crippen LogP contribution in [0.5, 0.6) is 23.0 Å². The second-order valence-electron chi connectivity index (χ2n) is 13.5. The van der Waals surface area contributed by atoms with Gasteiger partial charge in [-0.15, -0.1) is 0 Å². The van der Waals surface area contributed by atoms with E-state index in [-0.39, 0.29) is 23.0 Å². The number of ether oxygens (including phenoxy) is 4. The summed E-state index contributed by atoms with van der Waals surface area (Å²) < 4.78 is 34.9. The minimum atomic E-state index is -2.52. The maximum Gasteiger partial charge on any atom is 0.454 e. The molecule has 2 fully saturated rings. The van der Waals surface area contributed by atoms with Crippen LogP contribution >= 0.6 is 0 Å². The average Bonchev–Trinajstić information content (AvgIpc) is 3.96. The van der Waals surface area contributed by atoms with E-state index in [1.807, 2.05) is 48.5 Å². The molecule has 45 heavy (non-hydrogen) atoms. The molecule has 4 aromatic carbocycles. The lowest BCUT2D eigenvalue weighted by Gasteiger charge is -2.29. The number of benzene rings is 4. The summed E-state index contributed by atoms with van der Waals surface area (Å²) in [5.41, 5.74) is 4.53. The molecule has 0 amide bonds. The van der Waals surface area contributed by atoms with Gasteiger partial charge in [0, 0.05) is 23.9 Å². The van der Waals surface area contributed by atoms with Crippen molar-refractivity contribution in [2.45, 2.75) is 63.8 Å². The Morgan fingerprint density at radius 1 is 0.511 bits per heavy atom. The molecule has 0 aromatic heterocycles. The van der Waals surface area contributed by atoms with Crippen molar-refractivity contribution >= 4 is 8.56 Å². The summed E-state index contributed by atoms with van der Waals surface area (Å²) in [4.78, 5) is 0. The Balaban J connectivity index is 1.05. The van der Waals surface area contributed by atoms with Gasteiger partial charge in [-0.25, -0.2) is 0 Å². The van der Waals surface area contributed by atoms with Crippen LogP contribution in [0.2, 0.25) is 13.1 Å². The highest BCUT2D eigenvalue weighted by Crippen LogP contribution is 2.36. The molecule has 6 nitrogen and oxygen atoms in total. The molecule has 2 aliphatic rings. The van der Waals surface area contributed by atoms with Gasteiger partial charge in [0.25, 0.3) is 0 Å². The van der Waals surface area contributed by atoms with Crippen molar-refractivity contribution in [3.63, 3.8) is 0 Å². The Hall–Kier alpha value is -3.78. The van der Waals surface area contributed by atoms with Crippen LogP contribution in [0.1, 0.15) is 49.9 Å². The van der Waals surface area contributed by atoms with Gasteiger partial charge in [0.1, 0.15) is 48.4 Å². The first-order chi connectivity index (χ1) is 21.5. The third kappa shape index (κ3) is 7.90. The molecule has 4 aromatic rings. The van der Waals surface area contributed by atoms with Gasteiger partial charge in [-0.2, -0.15) is 0 Å². The molecule has 0 aliphatic carbocycles. The van der Waals surface area contributed by atoms with Gasteiger partial charge in [0.15, 0.2) is 0 Å². The normalized spacial score (nSPS) is 17.8. The number of hydrogen-bond donors (Lipinski definition) is 0. The molecular formula is C38H44O6Si. The second kappa shape index (κ2) is 12.5. The van der Waals surface area contributed by atoms with Crippen molar-refractivity contribution in [2.75, 3.05) is 26.4 Å². The summed E-state index contributed by atoms with van der Waals surface area (Å²) in [6, 6.07) is 33.5. The Bertz CT molecular complexity index is 1430. The summed E-state index contributed by atoms with van der Waals surface area (Å²) >= 11 is 0. The Kier molecular flexibility index (Phi) is 8.70. The second-order valence-corrected chi connectivity index (χ2v) is 16.7.